The van der Waals surface area contributed by atoms with Gasteiger partial charge in [0.25, 0.3) is 0 Å². The van der Waals surface area contributed by atoms with Crippen LogP contribution in [0.1, 0.15) is 24.5 Å². The minimum atomic E-state index is -0.811. The van der Waals surface area contributed by atoms with Crippen LogP contribution in [0.2, 0.25) is 5.02 Å². The number of rotatable bonds is 2. The Morgan fingerprint density at radius 3 is 2.74 bits per heavy atom. The summed E-state index contributed by atoms with van der Waals surface area (Å²) in [4.78, 5) is 0. The summed E-state index contributed by atoms with van der Waals surface area (Å²) in [6.07, 6.45) is 3.01. The van der Waals surface area contributed by atoms with Crippen molar-refractivity contribution in [3.8, 4) is 11.5 Å². The Balaban J connectivity index is 1.92. The van der Waals surface area contributed by atoms with E-state index in [9.17, 15) is 5.11 Å². The van der Waals surface area contributed by atoms with Gasteiger partial charge in [0.2, 0.25) is 0 Å². The highest BCUT2D eigenvalue weighted by Gasteiger charge is 2.22. The van der Waals surface area contributed by atoms with Crippen molar-refractivity contribution in [3.05, 3.63) is 34.6 Å². The first kappa shape index (κ1) is 12.6. The Bertz CT molecular complexity index is 512. The van der Waals surface area contributed by atoms with Gasteiger partial charge in [0, 0.05) is 0 Å². The fourth-order valence-corrected chi connectivity index (χ4v) is 2.49. The summed E-state index contributed by atoms with van der Waals surface area (Å²) in [7, 11) is 0. The maximum Gasteiger partial charge on any atom is 0.179 e. The Kier molecular flexibility index (Phi) is 3.53. The van der Waals surface area contributed by atoms with E-state index in [1.807, 2.05) is 6.08 Å². The highest BCUT2D eigenvalue weighted by Crippen LogP contribution is 2.41. The number of ether oxygens (including phenoxy) is 3. The van der Waals surface area contributed by atoms with Crippen molar-refractivity contribution in [1.82, 2.24) is 0 Å². The molecule has 4 nitrogen and oxygen atoms in total. The van der Waals surface area contributed by atoms with E-state index in [4.69, 9.17) is 25.8 Å². The van der Waals surface area contributed by atoms with Gasteiger partial charge >= 0.3 is 0 Å². The molecular formula is C14H15ClO4. The molecule has 5 heteroatoms. The van der Waals surface area contributed by atoms with Crippen molar-refractivity contribution < 1.29 is 19.3 Å². The Hall–Kier alpha value is -1.39. The molecule has 2 aliphatic rings. The monoisotopic (exact) mass is 282 g/mol. The molecule has 102 valence electrons. The van der Waals surface area contributed by atoms with Crippen molar-refractivity contribution in [2.45, 2.75) is 18.9 Å². The van der Waals surface area contributed by atoms with Crippen LogP contribution in [0.5, 0.6) is 11.5 Å². The Labute approximate surface area is 116 Å². The zero-order valence-corrected chi connectivity index (χ0v) is 11.2. The third-order valence-corrected chi connectivity index (χ3v) is 3.45. The number of benzene rings is 1. The van der Waals surface area contributed by atoms with Gasteiger partial charge in [0.1, 0.15) is 25.1 Å². The second-order valence-corrected chi connectivity index (χ2v) is 4.93. The smallest absolute Gasteiger partial charge is 0.179 e. The predicted molar refractivity (Wildman–Crippen MR) is 70.7 cm³/mol. The highest BCUT2D eigenvalue weighted by atomic mass is 35.5. The van der Waals surface area contributed by atoms with Crippen LogP contribution in [0.3, 0.4) is 0 Å². The van der Waals surface area contributed by atoms with Crippen molar-refractivity contribution in [2.75, 3.05) is 19.8 Å². The molecule has 0 amide bonds. The third kappa shape index (κ3) is 2.51. The molecule has 2 heterocycles. The van der Waals surface area contributed by atoms with Crippen LogP contribution in [0, 0.1) is 0 Å². The molecule has 1 aromatic carbocycles. The molecular weight excluding hydrogens is 268 g/mol. The standard InChI is InChI=1S/C14H15ClO4/c15-10-7-9(8-12-14(10)19-6-5-18-12)13(16)11-3-1-2-4-17-11/h3,7-8,13,16H,1-2,4-6H2. The molecule has 0 aromatic heterocycles. The van der Waals surface area contributed by atoms with Crippen LogP contribution in [0.4, 0.5) is 0 Å². The SMILES string of the molecule is OC(C1=CCCCO1)c1cc(Cl)c2c(c1)OCCO2. The fraction of sp³-hybridized carbons (Fsp3) is 0.429. The van der Waals surface area contributed by atoms with Crippen LogP contribution >= 0.6 is 11.6 Å². The van der Waals surface area contributed by atoms with E-state index in [0.717, 1.165) is 12.8 Å². The second kappa shape index (κ2) is 5.31. The number of halogens is 1. The first-order valence-electron chi connectivity index (χ1n) is 6.35. The molecule has 0 saturated carbocycles. The lowest BCUT2D eigenvalue weighted by Crippen LogP contribution is -2.16. The predicted octanol–water partition coefficient (Wildman–Crippen LogP) is 2.84. The maximum atomic E-state index is 10.3. The quantitative estimate of drug-likeness (QED) is 0.906. The molecule has 1 aromatic rings. The van der Waals surface area contributed by atoms with Crippen LogP contribution < -0.4 is 9.47 Å². The summed E-state index contributed by atoms with van der Waals surface area (Å²) in [5, 5.41) is 10.8. The lowest BCUT2D eigenvalue weighted by Gasteiger charge is -2.23. The zero-order valence-electron chi connectivity index (χ0n) is 10.4. The van der Waals surface area contributed by atoms with Crippen molar-refractivity contribution in [2.24, 2.45) is 0 Å². The number of aliphatic hydroxyl groups is 1. The summed E-state index contributed by atoms with van der Waals surface area (Å²) in [5.41, 5.74) is 0.655. The number of fused-ring (bicyclic) bond motifs is 1. The molecule has 0 saturated heterocycles. The van der Waals surface area contributed by atoms with Crippen LogP contribution in [0.15, 0.2) is 24.0 Å². The van der Waals surface area contributed by atoms with Gasteiger partial charge in [-0.15, -0.1) is 0 Å². The van der Waals surface area contributed by atoms with Gasteiger partial charge in [0.05, 0.1) is 11.6 Å². The van der Waals surface area contributed by atoms with Gasteiger partial charge in [-0.25, -0.2) is 0 Å². The summed E-state index contributed by atoms with van der Waals surface area (Å²) in [6, 6.07) is 3.45. The number of aliphatic hydroxyl groups excluding tert-OH is 1. The molecule has 0 aliphatic carbocycles. The Morgan fingerprint density at radius 2 is 1.95 bits per heavy atom. The zero-order chi connectivity index (χ0) is 13.2. The van der Waals surface area contributed by atoms with Gasteiger partial charge in [-0.2, -0.15) is 0 Å². The van der Waals surface area contributed by atoms with E-state index >= 15 is 0 Å². The topological polar surface area (TPSA) is 47.9 Å². The van der Waals surface area contributed by atoms with E-state index in [-0.39, 0.29) is 0 Å². The van der Waals surface area contributed by atoms with Crippen LogP contribution in [-0.2, 0) is 4.74 Å². The van der Waals surface area contributed by atoms with Gasteiger partial charge in [-0.3, -0.25) is 0 Å². The van der Waals surface area contributed by atoms with E-state index in [2.05, 4.69) is 0 Å². The number of hydrogen-bond acceptors (Lipinski definition) is 4. The van der Waals surface area contributed by atoms with Gasteiger partial charge < -0.3 is 19.3 Å². The first-order valence-corrected chi connectivity index (χ1v) is 6.73. The minimum Gasteiger partial charge on any atom is -0.495 e. The summed E-state index contributed by atoms with van der Waals surface area (Å²) in [5.74, 6) is 1.70. The van der Waals surface area contributed by atoms with Gasteiger partial charge in [-0.1, -0.05) is 11.6 Å². The minimum absolute atomic E-state index is 0.447. The first-order chi connectivity index (χ1) is 9.25. The molecule has 0 fully saturated rings. The average molecular weight is 283 g/mol. The molecule has 2 aliphatic heterocycles. The molecule has 19 heavy (non-hydrogen) atoms. The molecule has 0 spiro atoms. The molecule has 3 rings (SSSR count). The summed E-state index contributed by atoms with van der Waals surface area (Å²) < 4.78 is 16.4. The summed E-state index contributed by atoms with van der Waals surface area (Å²) >= 11 is 6.15. The number of allylic oxidation sites excluding steroid dienone is 1. The Morgan fingerprint density at radius 1 is 1.11 bits per heavy atom. The van der Waals surface area contributed by atoms with E-state index in [1.54, 1.807) is 12.1 Å². The number of hydrogen-bond donors (Lipinski definition) is 1. The highest BCUT2D eigenvalue weighted by molar-refractivity contribution is 6.32. The lowest BCUT2D eigenvalue weighted by molar-refractivity contribution is 0.0912. The van der Waals surface area contributed by atoms with E-state index in [1.165, 1.54) is 0 Å². The van der Waals surface area contributed by atoms with Crippen LogP contribution in [0.25, 0.3) is 0 Å². The summed E-state index contributed by atoms with van der Waals surface area (Å²) in [6.45, 7) is 1.62. The normalized spacial score (nSPS) is 19.4. The maximum absolute atomic E-state index is 10.3. The van der Waals surface area contributed by atoms with Crippen molar-refractivity contribution >= 4 is 11.6 Å². The van der Waals surface area contributed by atoms with Crippen LogP contribution in [-0.4, -0.2) is 24.9 Å². The van der Waals surface area contributed by atoms with E-state index < -0.39 is 6.10 Å². The van der Waals surface area contributed by atoms with Gasteiger partial charge in [-0.05, 0) is 36.6 Å². The van der Waals surface area contributed by atoms with Crippen molar-refractivity contribution in [3.63, 3.8) is 0 Å². The second-order valence-electron chi connectivity index (χ2n) is 4.53. The molecule has 0 bridgehead atoms. The third-order valence-electron chi connectivity index (χ3n) is 3.17. The lowest BCUT2D eigenvalue weighted by atomic mass is 10.0. The molecule has 1 unspecified atom stereocenters. The fourth-order valence-electron chi connectivity index (χ4n) is 2.22. The largest absolute Gasteiger partial charge is 0.495 e. The molecule has 1 N–H and O–H groups in total. The average Bonchev–Trinajstić information content (AvgIpc) is 2.47. The van der Waals surface area contributed by atoms with Crippen molar-refractivity contribution in [1.29, 1.82) is 0 Å². The molecule has 0 radical (unpaired) electrons. The molecule has 1 atom stereocenters. The van der Waals surface area contributed by atoms with E-state index in [0.29, 0.717) is 47.7 Å². The van der Waals surface area contributed by atoms with Gasteiger partial charge in [0.15, 0.2) is 11.5 Å².